The van der Waals surface area contributed by atoms with Crippen molar-refractivity contribution in [3.05, 3.63) is 54.9 Å². The van der Waals surface area contributed by atoms with Crippen LogP contribution in [0.25, 0.3) is 16.9 Å². The molecular weight excluding hydrogens is 316 g/mol. The minimum Gasteiger partial charge on any atom is -0.491 e. The molecule has 0 atom stereocenters. The van der Waals surface area contributed by atoms with E-state index in [4.69, 9.17) is 14.2 Å². The number of rotatable bonds is 6. The lowest BCUT2D eigenvalue weighted by atomic mass is 10.1. The monoisotopic (exact) mass is 338 g/mol. The molecule has 1 aliphatic heterocycles. The Labute approximate surface area is 147 Å². The number of ether oxygens (including phenoxy) is 3. The quantitative estimate of drug-likeness (QED) is 0.645. The highest BCUT2D eigenvalue weighted by Crippen LogP contribution is 2.23. The van der Waals surface area contributed by atoms with Gasteiger partial charge in [0.05, 0.1) is 24.6 Å². The lowest BCUT2D eigenvalue weighted by Crippen LogP contribution is -2.25. The van der Waals surface area contributed by atoms with Crippen LogP contribution in [0.15, 0.2) is 54.9 Å². The Bertz CT molecular complexity index is 807. The molecule has 5 nitrogen and oxygen atoms in total. The van der Waals surface area contributed by atoms with Gasteiger partial charge in [0.2, 0.25) is 0 Å². The van der Waals surface area contributed by atoms with Gasteiger partial charge in [0.25, 0.3) is 0 Å². The first-order valence-electron chi connectivity index (χ1n) is 8.75. The standard InChI is InChI=1S/C20H22N2O3/c1-2-10-22-19(15-21-20(22)3-1)16-4-6-17(7-5-16)24-13-14-25-18-8-11-23-12-9-18/h1-7,10,15,18H,8-9,11-14H2. The summed E-state index contributed by atoms with van der Waals surface area (Å²) in [5, 5.41) is 0. The number of aromatic nitrogens is 2. The first-order valence-corrected chi connectivity index (χ1v) is 8.75. The smallest absolute Gasteiger partial charge is 0.137 e. The van der Waals surface area contributed by atoms with Crippen LogP contribution in [0.4, 0.5) is 0 Å². The number of hydrogen-bond acceptors (Lipinski definition) is 4. The zero-order valence-electron chi connectivity index (χ0n) is 14.1. The Hall–Kier alpha value is -2.37. The highest BCUT2D eigenvalue weighted by atomic mass is 16.5. The van der Waals surface area contributed by atoms with Crippen molar-refractivity contribution in [2.75, 3.05) is 26.4 Å². The maximum Gasteiger partial charge on any atom is 0.137 e. The van der Waals surface area contributed by atoms with Crippen molar-refractivity contribution in [2.45, 2.75) is 18.9 Å². The predicted molar refractivity (Wildman–Crippen MR) is 95.9 cm³/mol. The van der Waals surface area contributed by atoms with Crippen molar-refractivity contribution in [3.63, 3.8) is 0 Å². The van der Waals surface area contributed by atoms with Gasteiger partial charge in [0, 0.05) is 25.0 Å². The third kappa shape index (κ3) is 3.83. The van der Waals surface area contributed by atoms with E-state index in [9.17, 15) is 0 Å². The Morgan fingerprint density at radius 1 is 1.04 bits per heavy atom. The van der Waals surface area contributed by atoms with Crippen molar-refractivity contribution in [2.24, 2.45) is 0 Å². The molecule has 3 aromatic rings. The zero-order chi connectivity index (χ0) is 16.9. The zero-order valence-corrected chi connectivity index (χ0v) is 14.1. The number of pyridine rings is 1. The van der Waals surface area contributed by atoms with E-state index >= 15 is 0 Å². The summed E-state index contributed by atoms with van der Waals surface area (Å²) in [6.45, 7) is 2.78. The van der Waals surface area contributed by atoms with Crippen molar-refractivity contribution in [1.29, 1.82) is 0 Å². The van der Waals surface area contributed by atoms with E-state index in [1.807, 2.05) is 42.7 Å². The number of fused-ring (bicyclic) bond motifs is 1. The van der Waals surface area contributed by atoms with E-state index in [0.29, 0.717) is 19.3 Å². The van der Waals surface area contributed by atoms with Crippen LogP contribution in [0.2, 0.25) is 0 Å². The lowest BCUT2D eigenvalue weighted by molar-refractivity contribution is -0.0388. The molecule has 0 N–H and O–H groups in total. The van der Waals surface area contributed by atoms with Gasteiger partial charge < -0.3 is 14.2 Å². The van der Waals surface area contributed by atoms with Crippen LogP contribution >= 0.6 is 0 Å². The van der Waals surface area contributed by atoms with Crippen molar-refractivity contribution in [3.8, 4) is 17.0 Å². The molecule has 1 aromatic carbocycles. The lowest BCUT2D eigenvalue weighted by Gasteiger charge is -2.22. The first-order chi connectivity index (χ1) is 12.4. The van der Waals surface area contributed by atoms with Crippen LogP contribution in [0.3, 0.4) is 0 Å². The molecule has 5 heteroatoms. The second kappa shape index (κ2) is 7.68. The van der Waals surface area contributed by atoms with Gasteiger partial charge in [0.1, 0.15) is 18.0 Å². The summed E-state index contributed by atoms with van der Waals surface area (Å²) in [6.07, 6.45) is 6.19. The second-order valence-electron chi connectivity index (χ2n) is 6.13. The Morgan fingerprint density at radius 3 is 2.72 bits per heavy atom. The summed E-state index contributed by atoms with van der Waals surface area (Å²) in [5.41, 5.74) is 3.14. The third-order valence-corrected chi connectivity index (χ3v) is 4.44. The second-order valence-corrected chi connectivity index (χ2v) is 6.13. The molecule has 130 valence electrons. The SMILES string of the molecule is c1ccn2c(-c3ccc(OCCOC4CCOCC4)cc3)cnc2c1. The minimum atomic E-state index is 0.315. The van der Waals surface area contributed by atoms with E-state index < -0.39 is 0 Å². The molecule has 1 fully saturated rings. The van der Waals surface area contributed by atoms with Gasteiger partial charge in [-0.05, 0) is 49.2 Å². The highest BCUT2D eigenvalue weighted by molar-refractivity contribution is 5.64. The van der Waals surface area contributed by atoms with Crippen LogP contribution in [0, 0.1) is 0 Å². The number of hydrogen-bond donors (Lipinski definition) is 0. The molecule has 1 aliphatic rings. The van der Waals surface area contributed by atoms with Gasteiger partial charge in [0.15, 0.2) is 0 Å². The Kier molecular flexibility index (Phi) is 4.95. The average Bonchev–Trinajstić information content (AvgIpc) is 3.11. The molecule has 3 heterocycles. The molecule has 0 spiro atoms. The molecule has 0 bridgehead atoms. The van der Waals surface area contributed by atoms with E-state index in [1.54, 1.807) is 0 Å². The average molecular weight is 338 g/mol. The summed E-state index contributed by atoms with van der Waals surface area (Å²) >= 11 is 0. The van der Waals surface area contributed by atoms with E-state index in [0.717, 1.165) is 48.7 Å². The van der Waals surface area contributed by atoms with Gasteiger partial charge in [-0.25, -0.2) is 4.98 Å². The predicted octanol–water partition coefficient (Wildman–Crippen LogP) is 3.58. The summed E-state index contributed by atoms with van der Waals surface area (Å²) < 4.78 is 19.0. The first kappa shape index (κ1) is 16.1. The molecule has 4 rings (SSSR count). The Morgan fingerprint density at radius 2 is 1.88 bits per heavy atom. The number of benzene rings is 1. The molecule has 0 unspecified atom stereocenters. The molecular formula is C20H22N2O3. The molecule has 0 amide bonds. The molecule has 0 saturated carbocycles. The fourth-order valence-corrected chi connectivity index (χ4v) is 3.08. The maximum atomic E-state index is 5.82. The van der Waals surface area contributed by atoms with Crippen molar-refractivity contribution >= 4 is 5.65 Å². The summed E-state index contributed by atoms with van der Waals surface area (Å²) in [4.78, 5) is 4.43. The summed E-state index contributed by atoms with van der Waals surface area (Å²) in [6, 6.07) is 14.1. The van der Waals surface area contributed by atoms with Crippen LogP contribution in [0.1, 0.15) is 12.8 Å². The van der Waals surface area contributed by atoms with E-state index in [-0.39, 0.29) is 0 Å². The van der Waals surface area contributed by atoms with Crippen LogP contribution in [-0.2, 0) is 9.47 Å². The maximum absolute atomic E-state index is 5.82. The third-order valence-electron chi connectivity index (χ3n) is 4.44. The van der Waals surface area contributed by atoms with Crippen LogP contribution < -0.4 is 4.74 Å². The van der Waals surface area contributed by atoms with Gasteiger partial charge in [-0.3, -0.25) is 4.40 Å². The van der Waals surface area contributed by atoms with Crippen LogP contribution in [-0.4, -0.2) is 41.9 Å². The molecule has 25 heavy (non-hydrogen) atoms. The topological polar surface area (TPSA) is 45.0 Å². The molecule has 2 aromatic heterocycles. The highest BCUT2D eigenvalue weighted by Gasteiger charge is 2.13. The fraction of sp³-hybridized carbons (Fsp3) is 0.350. The summed E-state index contributed by atoms with van der Waals surface area (Å²) in [7, 11) is 0. The molecule has 0 aliphatic carbocycles. The Balaban J connectivity index is 1.32. The number of nitrogens with zero attached hydrogens (tertiary/aromatic N) is 2. The normalized spacial score (nSPS) is 15.5. The van der Waals surface area contributed by atoms with Gasteiger partial charge in [-0.2, -0.15) is 0 Å². The van der Waals surface area contributed by atoms with Gasteiger partial charge in [-0.15, -0.1) is 0 Å². The van der Waals surface area contributed by atoms with Crippen LogP contribution in [0.5, 0.6) is 5.75 Å². The number of imidazole rings is 1. The molecule has 0 radical (unpaired) electrons. The molecule has 1 saturated heterocycles. The van der Waals surface area contributed by atoms with Crippen molar-refractivity contribution in [1.82, 2.24) is 9.38 Å². The van der Waals surface area contributed by atoms with E-state index in [2.05, 4.69) is 21.5 Å². The van der Waals surface area contributed by atoms with Crippen molar-refractivity contribution < 1.29 is 14.2 Å². The van der Waals surface area contributed by atoms with Gasteiger partial charge in [-0.1, -0.05) is 6.07 Å². The largest absolute Gasteiger partial charge is 0.491 e. The van der Waals surface area contributed by atoms with Gasteiger partial charge >= 0.3 is 0 Å². The van der Waals surface area contributed by atoms with E-state index in [1.165, 1.54) is 0 Å². The summed E-state index contributed by atoms with van der Waals surface area (Å²) in [5.74, 6) is 0.855. The minimum absolute atomic E-state index is 0.315. The fourth-order valence-electron chi connectivity index (χ4n) is 3.08.